The Morgan fingerprint density at radius 2 is 1.76 bits per heavy atom. The number of anilines is 2. The molecule has 0 bridgehead atoms. The number of carbonyl (C=O) groups excluding carboxylic acids is 1. The van der Waals surface area contributed by atoms with Crippen LogP contribution in [-0.2, 0) is 24.1 Å². The molecule has 1 amide bonds. The first-order chi connectivity index (χ1) is 18.1. The Bertz CT molecular complexity index is 1290. The zero-order valence-corrected chi connectivity index (χ0v) is 21.0. The van der Waals surface area contributed by atoms with Crippen molar-refractivity contribution in [3.05, 3.63) is 83.0 Å². The van der Waals surface area contributed by atoms with Gasteiger partial charge in [-0.3, -0.25) is 14.8 Å². The van der Waals surface area contributed by atoms with Gasteiger partial charge in [-0.05, 0) is 68.0 Å². The van der Waals surface area contributed by atoms with Gasteiger partial charge in [0.1, 0.15) is 11.2 Å². The van der Waals surface area contributed by atoms with Crippen molar-refractivity contribution < 1.29 is 9.90 Å². The van der Waals surface area contributed by atoms with Crippen LogP contribution in [0.15, 0.2) is 60.9 Å². The Morgan fingerprint density at radius 1 is 0.946 bits per heavy atom. The van der Waals surface area contributed by atoms with E-state index in [0.29, 0.717) is 34.9 Å². The molecular weight excluding hydrogens is 488 g/mol. The van der Waals surface area contributed by atoms with E-state index < -0.39 is 6.23 Å². The fourth-order valence-electron chi connectivity index (χ4n) is 4.54. The monoisotopic (exact) mass is 516 g/mol. The first-order valence-electron chi connectivity index (χ1n) is 12.3. The van der Waals surface area contributed by atoms with Crippen LogP contribution < -0.4 is 10.6 Å². The first kappa shape index (κ1) is 24.8. The van der Waals surface area contributed by atoms with Gasteiger partial charge in [0.15, 0.2) is 5.82 Å². The number of amides is 1. The lowest BCUT2D eigenvalue weighted by atomic mass is 10.00. The number of hydrogen-bond acceptors (Lipinski definition) is 10. The Balaban J connectivity index is 1.08. The van der Waals surface area contributed by atoms with Gasteiger partial charge in [-0.15, -0.1) is 15.3 Å². The van der Waals surface area contributed by atoms with Crippen molar-refractivity contribution in [2.45, 2.75) is 50.7 Å². The normalized spacial score (nSPS) is 17.9. The third kappa shape index (κ3) is 7.11. The van der Waals surface area contributed by atoms with E-state index in [1.165, 1.54) is 11.3 Å². The predicted molar refractivity (Wildman–Crippen MR) is 140 cm³/mol. The van der Waals surface area contributed by atoms with Crippen molar-refractivity contribution in [2.75, 3.05) is 10.6 Å². The summed E-state index contributed by atoms with van der Waals surface area (Å²) in [6.45, 7) is 0. The molecule has 10 nitrogen and oxygen atoms in total. The number of aromatic nitrogens is 6. The second kappa shape index (κ2) is 11.9. The van der Waals surface area contributed by atoms with Gasteiger partial charge in [0.05, 0.1) is 12.1 Å². The van der Waals surface area contributed by atoms with Crippen LogP contribution in [0.2, 0.25) is 0 Å². The molecule has 0 aliphatic heterocycles. The van der Waals surface area contributed by atoms with E-state index in [1.54, 1.807) is 18.5 Å². The van der Waals surface area contributed by atoms with Crippen molar-refractivity contribution in [3.63, 3.8) is 0 Å². The SMILES string of the molecule is O=C(Cc1ccccn1)Nc1ccc(C[C@H]2CC[C@@H](c3nnc(NC(O)Cc4ccccn4)s3)C2)nn1. The molecule has 0 saturated heterocycles. The van der Waals surface area contributed by atoms with Gasteiger partial charge in [-0.1, -0.05) is 23.5 Å². The lowest BCUT2D eigenvalue weighted by molar-refractivity contribution is -0.115. The summed E-state index contributed by atoms with van der Waals surface area (Å²) >= 11 is 1.50. The largest absolute Gasteiger partial charge is 0.373 e. The molecular formula is C26H28N8O2S. The molecule has 4 aromatic rings. The minimum Gasteiger partial charge on any atom is -0.373 e. The number of carbonyl (C=O) groups is 1. The van der Waals surface area contributed by atoms with E-state index in [2.05, 4.69) is 41.0 Å². The number of rotatable bonds is 10. The summed E-state index contributed by atoms with van der Waals surface area (Å²) in [5, 5.41) is 34.8. The fraction of sp³-hybridized carbons (Fsp3) is 0.346. The van der Waals surface area contributed by atoms with Crippen LogP contribution in [0.25, 0.3) is 0 Å². The number of aliphatic hydroxyl groups is 1. The van der Waals surface area contributed by atoms with E-state index in [4.69, 9.17) is 0 Å². The lowest BCUT2D eigenvalue weighted by Gasteiger charge is -2.10. The van der Waals surface area contributed by atoms with Crippen LogP contribution in [0.3, 0.4) is 0 Å². The summed E-state index contributed by atoms with van der Waals surface area (Å²) in [6, 6.07) is 14.8. The molecule has 0 radical (unpaired) electrons. The maximum Gasteiger partial charge on any atom is 0.231 e. The third-order valence-electron chi connectivity index (χ3n) is 6.30. The minimum atomic E-state index is -0.770. The molecule has 3 N–H and O–H groups in total. The molecule has 4 aromatic heterocycles. The minimum absolute atomic E-state index is 0.172. The van der Waals surface area contributed by atoms with Crippen molar-refractivity contribution >= 4 is 28.2 Å². The second-order valence-corrected chi connectivity index (χ2v) is 10.2. The van der Waals surface area contributed by atoms with Crippen molar-refractivity contribution in [1.29, 1.82) is 0 Å². The average Bonchev–Trinajstić information content (AvgIpc) is 3.56. The van der Waals surface area contributed by atoms with Crippen LogP contribution in [0.1, 0.15) is 47.3 Å². The molecule has 4 heterocycles. The highest BCUT2D eigenvalue weighted by Crippen LogP contribution is 2.41. The summed E-state index contributed by atoms with van der Waals surface area (Å²) in [5.74, 6) is 1.10. The molecule has 3 atom stereocenters. The van der Waals surface area contributed by atoms with Crippen molar-refractivity contribution in [3.8, 4) is 0 Å². The highest BCUT2D eigenvalue weighted by molar-refractivity contribution is 7.15. The zero-order chi connectivity index (χ0) is 25.5. The Hall–Kier alpha value is -3.83. The number of aliphatic hydroxyl groups excluding tert-OH is 1. The van der Waals surface area contributed by atoms with Gasteiger partial charge in [0.2, 0.25) is 11.0 Å². The van der Waals surface area contributed by atoms with Crippen LogP contribution in [-0.4, -0.2) is 47.6 Å². The fourth-order valence-corrected chi connectivity index (χ4v) is 5.48. The molecule has 1 fully saturated rings. The number of pyridine rings is 2. The van der Waals surface area contributed by atoms with E-state index in [1.807, 2.05) is 42.5 Å². The molecule has 1 saturated carbocycles. The molecule has 11 heteroatoms. The van der Waals surface area contributed by atoms with Gasteiger partial charge in [0, 0.05) is 36.1 Å². The van der Waals surface area contributed by atoms with Gasteiger partial charge in [-0.25, -0.2) is 0 Å². The summed E-state index contributed by atoms with van der Waals surface area (Å²) in [4.78, 5) is 20.6. The maximum absolute atomic E-state index is 12.2. The van der Waals surface area contributed by atoms with Gasteiger partial charge in [0.25, 0.3) is 0 Å². The van der Waals surface area contributed by atoms with Crippen LogP contribution in [0, 0.1) is 5.92 Å². The molecule has 37 heavy (non-hydrogen) atoms. The predicted octanol–water partition coefficient (Wildman–Crippen LogP) is 3.40. The van der Waals surface area contributed by atoms with Crippen molar-refractivity contribution in [1.82, 2.24) is 30.4 Å². The standard InChI is InChI=1S/C26H28N8O2S/c35-23(15-19-5-1-3-11-27-19)29-22-10-9-21(31-32-22)14-17-7-8-18(13-17)25-33-34-26(37-25)30-24(36)16-20-6-2-4-12-28-20/h1-6,9-12,17-18,24,36H,7-8,13-16H2,(H,30,34)(H,29,32,35)/t17-,18+,24?/m0/s1. The third-order valence-corrected chi connectivity index (χ3v) is 7.32. The molecule has 1 aliphatic carbocycles. The Labute approximate surface area is 218 Å². The molecule has 190 valence electrons. The first-order valence-corrected chi connectivity index (χ1v) is 13.1. The van der Waals surface area contributed by atoms with Crippen molar-refractivity contribution in [2.24, 2.45) is 5.92 Å². The molecule has 0 aromatic carbocycles. The van der Waals surface area contributed by atoms with Crippen LogP contribution in [0.4, 0.5) is 10.9 Å². The lowest BCUT2D eigenvalue weighted by Crippen LogP contribution is -2.21. The van der Waals surface area contributed by atoms with Gasteiger partial charge in [-0.2, -0.15) is 5.10 Å². The number of nitrogens with one attached hydrogen (secondary N) is 2. The molecule has 0 spiro atoms. The highest BCUT2D eigenvalue weighted by atomic mass is 32.1. The summed E-state index contributed by atoms with van der Waals surface area (Å²) in [6.07, 6.45) is 7.17. The second-order valence-electron chi connectivity index (χ2n) is 9.17. The van der Waals surface area contributed by atoms with E-state index in [9.17, 15) is 9.90 Å². The number of hydrogen-bond donors (Lipinski definition) is 3. The smallest absolute Gasteiger partial charge is 0.231 e. The van der Waals surface area contributed by atoms with Crippen LogP contribution >= 0.6 is 11.3 Å². The summed E-state index contributed by atoms with van der Waals surface area (Å²) in [7, 11) is 0. The summed E-state index contributed by atoms with van der Waals surface area (Å²) in [5.41, 5.74) is 2.43. The van der Waals surface area contributed by atoms with E-state index >= 15 is 0 Å². The topological polar surface area (TPSA) is 139 Å². The Morgan fingerprint density at radius 3 is 2.49 bits per heavy atom. The zero-order valence-electron chi connectivity index (χ0n) is 20.2. The Kier molecular flexibility index (Phi) is 8.02. The van der Waals surface area contributed by atoms with E-state index in [-0.39, 0.29) is 12.3 Å². The van der Waals surface area contributed by atoms with Crippen LogP contribution in [0.5, 0.6) is 0 Å². The van der Waals surface area contributed by atoms with Gasteiger partial charge >= 0.3 is 0 Å². The average molecular weight is 517 g/mol. The van der Waals surface area contributed by atoms with E-state index in [0.717, 1.165) is 42.1 Å². The maximum atomic E-state index is 12.2. The highest BCUT2D eigenvalue weighted by Gasteiger charge is 2.29. The molecule has 1 unspecified atom stereocenters. The summed E-state index contributed by atoms with van der Waals surface area (Å²) < 4.78 is 0. The molecule has 1 aliphatic rings. The quantitative estimate of drug-likeness (QED) is 0.271. The number of nitrogens with zero attached hydrogens (tertiary/aromatic N) is 6. The van der Waals surface area contributed by atoms with Gasteiger partial charge < -0.3 is 15.7 Å². The molecule has 5 rings (SSSR count).